The Labute approximate surface area is 192 Å². The summed E-state index contributed by atoms with van der Waals surface area (Å²) >= 11 is 0.909. The fourth-order valence-electron chi connectivity index (χ4n) is 4.41. The van der Waals surface area contributed by atoms with Crippen molar-refractivity contribution in [2.75, 3.05) is 4.90 Å². The van der Waals surface area contributed by atoms with E-state index in [2.05, 4.69) is 6.07 Å². The Morgan fingerprint density at radius 2 is 1.79 bits per heavy atom. The molecular weight excluding hydrogens is 446 g/mol. The smallest absolute Gasteiger partial charge is 0.324 e. The normalized spacial score (nSPS) is 19.8. The van der Waals surface area contributed by atoms with Crippen molar-refractivity contribution in [3.05, 3.63) is 84.2 Å². The molecule has 168 valence electrons. The summed E-state index contributed by atoms with van der Waals surface area (Å²) in [4.78, 5) is 36.8. The van der Waals surface area contributed by atoms with Crippen LogP contribution in [0.25, 0.3) is 0 Å². The number of nitro benzene ring substituents is 1. The summed E-state index contributed by atoms with van der Waals surface area (Å²) in [5.74, 6) is -0.868. The fourth-order valence-corrected chi connectivity index (χ4v) is 5.35. The minimum absolute atomic E-state index is 0.0932. The monoisotopic (exact) mass is 465 g/mol. The Hall–Kier alpha value is -4.04. The van der Waals surface area contributed by atoms with E-state index in [9.17, 15) is 30.3 Å². The zero-order valence-electron chi connectivity index (χ0n) is 17.8. The zero-order valence-corrected chi connectivity index (χ0v) is 18.6. The maximum atomic E-state index is 13.4. The van der Waals surface area contributed by atoms with Crippen LogP contribution in [-0.4, -0.2) is 15.6 Å². The van der Waals surface area contributed by atoms with Crippen molar-refractivity contribution < 1.29 is 14.6 Å². The van der Waals surface area contributed by atoms with Crippen LogP contribution in [-0.2, 0) is 4.79 Å². The third-order valence-electron chi connectivity index (χ3n) is 5.78. The van der Waals surface area contributed by atoms with Gasteiger partial charge in [0.05, 0.1) is 27.4 Å². The minimum Gasteiger partial charge on any atom is -0.384 e. The molecule has 1 aromatic carbocycles. The lowest BCUT2D eigenvalue weighted by Gasteiger charge is -2.43. The van der Waals surface area contributed by atoms with E-state index in [1.807, 2.05) is 13.8 Å². The van der Waals surface area contributed by atoms with Crippen LogP contribution in [0, 0.1) is 37.0 Å². The highest BCUT2D eigenvalue weighted by Gasteiger charge is 2.45. The van der Waals surface area contributed by atoms with E-state index in [1.165, 1.54) is 30.3 Å². The van der Waals surface area contributed by atoms with Gasteiger partial charge in [0.15, 0.2) is 5.78 Å². The van der Waals surface area contributed by atoms with Crippen LogP contribution in [0.3, 0.4) is 0 Å². The Kier molecular flexibility index (Phi) is 5.26. The van der Waals surface area contributed by atoms with Gasteiger partial charge in [-0.2, -0.15) is 5.26 Å². The van der Waals surface area contributed by atoms with Gasteiger partial charge in [0.2, 0.25) is 0 Å². The fraction of sp³-hybridized carbons (Fsp3) is 0.273. The van der Waals surface area contributed by atoms with Crippen LogP contribution in [0.5, 0.6) is 0 Å². The molecule has 2 heterocycles. The molecule has 1 aliphatic carbocycles. The zero-order chi connectivity index (χ0) is 24.1. The highest BCUT2D eigenvalue weighted by Crippen LogP contribution is 2.51. The predicted octanol–water partition coefficient (Wildman–Crippen LogP) is 4.51. The van der Waals surface area contributed by atoms with Crippen LogP contribution in [0.1, 0.15) is 37.5 Å². The standard InChI is InChI=1S/C22H19N5O5S/c1-22(2)9-15-20(16(28)10-22)19(17-7-8-18(33-17)27(31)32)14(11-23)21(24)25(15)12-3-5-13(6-4-12)26(29)30/h3-8,19H,9-10,24H2,1-2H3. The second-order valence-electron chi connectivity index (χ2n) is 8.69. The number of nitrogens with zero attached hydrogens (tertiary/aromatic N) is 4. The highest BCUT2D eigenvalue weighted by atomic mass is 32.1. The van der Waals surface area contributed by atoms with Gasteiger partial charge in [0, 0.05) is 46.5 Å². The van der Waals surface area contributed by atoms with Crippen molar-refractivity contribution in [3.8, 4) is 6.07 Å². The quantitative estimate of drug-likeness (QED) is 0.510. The number of ketones is 1. The molecule has 10 nitrogen and oxygen atoms in total. The van der Waals surface area contributed by atoms with Crippen molar-refractivity contribution in [3.63, 3.8) is 0 Å². The number of benzene rings is 1. The minimum atomic E-state index is -0.804. The van der Waals surface area contributed by atoms with Crippen LogP contribution in [0.2, 0.25) is 0 Å². The summed E-state index contributed by atoms with van der Waals surface area (Å²) in [6.07, 6.45) is 0.719. The van der Waals surface area contributed by atoms with E-state index in [-0.39, 0.29) is 39.7 Å². The number of carbonyl (C=O) groups is 1. The molecule has 0 bridgehead atoms. The van der Waals surface area contributed by atoms with E-state index >= 15 is 0 Å². The molecule has 1 atom stereocenters. The van der Waals surface area contributed by atoms with Gasteiger partial charge in [0.25, 0.3) is 5.69 Å². The molecule has 4 rings (SSSR count). The van der Waals surface area contributed by atoms with Crippen molar-refractivity contribution >= 4 is 33.5 Å². The third kappa shape index (κ3) is 3.74. The largest absolute Gasteiger partial charge is 0.384 e. The molecule has 2 N–H and O–H groups in total. The highest BCUT2D eigenvalue weighted by molar-refractivity contribution is 7.15. The first-order valence-electron chi connectivity index (χ1n) is 9.99. The van der Waals surface area contributed by atoms with E-state index in [0.29, 0.717) is 28.3 Å². The number of hydrogen-bond acceptors (Lipinski definition) is 9. The van der Waals surface area contributed by atoms with E-state index in [0.717, 1.165) is 11.3 Å². The van der Waals surface area contributed by atoms with Gasteiger partial charge in [0.1, 0.15) is 5.82 Å². The molecule has 2 aliphatic rings. The average Bonchev–Trinajstić information content (AvgIpc) is 3.22. The Balaban J connectivity index is 1.95. The van der Waals surface area contributed by atoms with E-state index in [1.54, 1.807) is 11.0 Å². The summed E-state index contributed by atoms with van der Waals surface area (Å²) in [7, 11) is 0. The molecular formula is C22H19N5O5S. The first-order chi connectivity index (χ1) is 15.5. The van der Waals surface area contributed by atoms with Crippen molar-refractivity contribution in [2.24, 2.45) is 11.1 Å². The SMILES string of the molecule is CC1(C)CC(=O)C2=C(C1)N(c1ccc([N+](=O)[O-])cc1)C(N)=C(C#N)C2c1ccc([N+](=O)[O-])s1. The summed E-state index contributed by atoms with van der Waals surface area (Å²) in [6, 6.07) is 10.7. The molecule has 0 fully saturated rings. The lowest BCUT2D eigenvalue weighted by atomic mass is 9.69. The average molecular weight is 465 g/mol. The number of Topliss-reactive ketones (excluding diaryl/α,β-unsaturated/α-hetero) is 1. The van der Waals surface area contributed by atoms with Crippen LogP contribution < -0.4 is 10.6 Å². The van der Waals surface area contributed by atoms with Gasteiger partial charge < -0.3 is 5.73 Å². The Bertz CT molecular complexity index is 1300. The lowest BCUT2D eigenvalue weighted by Crippen LogP contribution is -2.42. The van der Waals surface area contributed by atoms with Crippen molar-refractivity contribution in [1.29, 1.82) is 5.26 Å². The van der Waals surface area contributed by atoms with Gasteiger partial charge >= 0.3 is 5.00 Å². The number of anilines is 1. The van der Waals surface area contributed by atoms with E-state index in [4.69, 9.17) is 5.73 Å². The Morgan fingerprint density at radius 1 is 1.12 bits per heavy atom. The number of rotatable bonds is 4. The van der Waals surface area contributed by atoms with Crippen LogP contribution in [0.4, 0.5) is 16.4 Å². The third-order valence-corrected chi connectivity index (χ3v) is 6.88. The van der Waals surface area contributed by atoms with Crippen molar-refractivity contribution in [1.82, 2.24) is 0 Å². The second kappa shape index (κ2) is 7.83. The van der Waals surface area contributed by atoms with Gasteiger partial charge in [-0.05, 0) is 30.0 Å². The van der Waals surface area contributed by atoms with Gasteiger partial charge in [-0.15, -0.1) is 0 Å². The van der Waals surface area contributed by atoms with E-state index < -0.39 is 15.8 Å². The Morgan fingerprint density at radius 3 is 2.33 bits per heavy atom. The number of nitrogens with two attached hydrogens (primary N) is 1. The topological polar surface area (TPSA) is 156 Å². The van der Waals surface area contributed by atoms with Gasteiger partial charge in [-0.25, -0.2) is 0 Å². The first-order valence-corrected chi connectivity index (χ1v) is 10.8. The second-order valence-corrected chi connectivity index (χ2v) is 9.78. The number of thiophene rings is 1. The molecule has 0 saturated carbocycles. The van der Waals surface area contributed by atoms with Gasteiger partial charge in [-0.3, -0.25) is 29.9 Å². The molecule has 1 aromatic heterocycles. The predicted molar refractivity (Wildman–Crippen MR) is 121 cm³/mol. The summed E-state index contributed by atoms with van der Waals surface area (Å²) in [5.41, 5.74) is 7.57. The molecule has 1 aliphatic heterocycles. The summed E-state index contributed by atoms with van der Waals surface area (Å²) in [6.45, 7) is 3.90. The van der Waals surface area contributed by atoms with Crippen LogP contribution in [0.15, 0.2) is 59.1 Å². The number of non-ortho nitro benzene ring substituents is 1. The number of nitro groups is 2. The van der Waals surface area contributed by atoms with Crippen molar-refractivity contribution in [2.45, 2.75) is 32.6 Å². The molecule has 0 spiro atoms. The number of carbonyl (C=O) groups excluding carboxylic acids is 1. The molecule has 0 amide bonds. The molecule has 2 aromatic rings. The number of nitriles is 1. The molecule has 0 saturated heterocycles. The molecule has 33 heavy (non-hydrogen) atoms. The van der Waals surface area contributed by atoms with Gasteiger partial charge in [-0.1, -0.05) is 25.2 Å². The maximum absolute atomic E-state index is 13.4. The summed E-state index contributed by atoms with van der Waals surface area (Å²) in [5, 5.41) is 32.2. The number of allylic oxidation sites excluding steroid dienone is 3. The molecule has 1 unspecified atom stereocenters. The lowest BCUT2D eigenvalue weighted by molar-refractivity contribution is -0.384. The summed E-state index contributed by atoms with van der Waals surface area (Å²) < 4.78 is 0. The first kappa shape index (κ1) is 22.2. The molecule has 0 radical (unpaired) electrons. The van der Waals surface area contributed by atoms with Crippen LogP contribution >= 0.6 is 11.3 Å². The number of hydrogen-bond donors (Lipinski definition) is 1. The molecule has 11 heteroatoms. The maximum Gasteiger partial charge on any atom is 0.324 e.